The molecule has 0 saturated heterocycles. The van der Waals surface area contributed by atoms with Crippen LogP contribution in [0.4, 0.5) is 0 Å². The van der Waals surface area contributed by atoms with Crippen LogP contribution in [0, 0.1) is 0 Å². The quantitative estimate of drug-likeness (QED) is 0.401. The zero-order chi connectivity index (χ0) is 7.66. The van der Waals surface area contributed by atoms with E-state index in [0.29, 0.717) is 0 Å². The highest BCUT2D eigenvalue weighted by atomic mass is 14.8. The smallest absolute Gasteiger partial charge is 0.0752 e. The summed E-state index contributed by atoms with van der Waals surface area (Å²) in [7, 11) is 0. The van der Waals surface area contributed by atoms with Crippen LogP contribution >= 0.6 is 0 Å². The summed E-state index contributed by atoms with van der Waals surface area (Å²) in [5, 5.41) is 3.33. The van der Waals surface area contributed by atoms with E-state index in [-0.39, 0.29) is 0 Å². The van der Waals surface area contributed by atoms with Gasteiger partial charge in [-0.3, -0.25) is 0 Å². The Hall–Kier alpha value is -0.120. The first-order chi connectivity index (χ1) is 4.91. The van der Waals surface area contributed by atoms with E-state index in [4.69, 9.17) is 5.73 Å². The highest BCUT2D eigenvalue weighted by Crippen LogP contribution is 1.81. The molecule has 0 aromatic rings. The van der Waals surface area contributed by atoms with Gasteiger partial charge < -0.3 is 16.8 Å². The SMILES string of the molecule is NCCCCNCCC[NH3+]. The maximum Gasteiger partial charge on any atom is 0.0752 e. The van der Waals surface area contributed by atoms with Gasteiger partial charge in [-0.2, -0.15) is 0 Å². The van der Waals surface area contributed by atoms with Gasteiger partial charge in [-0.25, -0.2) is 0 Å². The summed E-state index contributed by atoms with van der Waals surface area (Å²) in [5.74, 6) is 0. The van der Waals surface area contributed by atoms with Crippen LogP contribution < -0.4 is 16.8 Å². The van der Waals surface area contributed by atoms with Crippen molar-refractivity contribution in [1.29, 1.82) is 0 Å². The summed E-state index contributed by atoms with van der Waals surface area (Å²) in [6.45, 7) is 4.06. The number of nitrogens with two attached hydrogens (primary N) is 1. The molecule has 0 spiro atoms. The van der Waals surface area contributed by atoms with Gasteiger partial charge >= 0.3 is 0 Å². The molecule has 0 fully saturated rings. The number of unbranched alkanes of at least 4 members (excludes halogenated alkanes) is 1. The van der Waals surface area contributed by atoms with Gasteiger partial charge in [0, 0.05) is 13.0 Å². The number of hydrogen-bond donors (Lipinski definition) is 3. The third kappa shape index (κ3) is 7.88. The predicted octanol–water partition coefficient (Wildman–Crippen LogP) is -1.05. The fourth-order valence-electron chi connectivity index (χ4n) is 0.769. The summed E-state index contributed by atoms with van der Waals surface area (Å²) in [5.41, 5.74) is 9.09. The summed E-state index contributed by atoms with van der Waals surface area (Å²) in [6, 6.07) is 0. The lowest BCUT2D eigenvalue weighted by molar-refractivity contribution is -0.367. The Balaban J connectivity index is 2.65. The Morgan fingerprint density at radius 3 is 2.40 bits per heavy atom. The molecule has 0 aromatic carbocycles. The topological polar surface area (TPSA) is 65.7 Å². The predicted molar refractivity (Wildman–Crippen MR) is 43.5 cm³/mol. The molecular weight excluding hydrogens is 126 g/mol. The minimum Gasteiger partial charge on any atom is -0.358 e. The van der Waals surface area contributed by atoms with Crippen molar-refractivity contribution in [2.45, 2.75) is 19.3 Å². The van der Waals surface area contributed by atoms with Crippen molar-refractivity contribution in [1.82, 2.24) is 5.32 Å². The van der Waals surface area contributed by atoms with Crippen LogP contribution in [0.3, 0.4) is 0 Å². The van der Waals surface area contributed by atoms with Crippen molar-refractivity contribution in [3.05, 3.63) is 0 Å². The molecule has 0 bridgehead atoms. The van der Waals surface area contributed by atoms with E-state index in [9.17, 15) is 0 Å². The molecule has 0 aliphatic rings. The molecule has 0 aliphatic carbocycles. The Bertz CT molecular complexity index is 48.8. The normalized spacial score (nSPS) is 10.2. The van der Waals surface area contributed by atoms with Gasteiger partial charge in [0.15, 0.2) is 0 Å². The number of hydrogen-bond acceptors (Lipinski definition) is 2. The van der Waals surface area contributed by atoms with E-state index in [1.165, 1.54) is 12.8 Å². The largest absolute Gasteiger partial charge is 0.358 e. The summed E-state index contributed by atoms with van der Waals surface area (Å²) in [4.78, 5) is 0. The van der Waals surface area contributed by atoms with Crippen molar-refractivity contribution in [2.24, 2.45) is 5.73 Å². The van der Waals surface area contributed by atoms with Crippen LogP contribution in [0.15, 0.2) is 0 Å². The summed E-state index contributed by atoms with van der Waals surface area (Å²) in [6.07, 6.45) is 3.52. The van der Waals surface area contributed by atoms with Crippen LogP contribution in [-0.4, -0.2) is 26.2 Å². The molecule has 0 aromatic heterocycles. The fraction of sp³-hybridized carbons (Fsp3) is 1.00. The minimum absolute atomic E-state index is 0.816. The Morgan fingerprint density at radius 2 is 1.80 bits per heavy atom. The fourth-order valence-corrected chi connectivity index (χ4v) is 0.769. The van der Waals surface area contributed by atoms with Crippen LogP contribution in [-0.2, 0) is 0 Å². The average molecular weight is 146 g/mol. The third-order valence-electron chi connectivity index (χ3n) is 1.41. The molecule has 0 heterocycles. The van der Waals surface area contributed by atoms with Crippen LogP contribution in [0.2, 0.25) is 0 Å². The number of quaternary nitrogens is 1. The highest BCUT2D eigenvalue weighted by Gasteiger charge is 1.86. The monoisotopic (exact) mass is 146 g/mol. The Morgan fingerprint density at radius 1 is 1.10 bits per heavy atom. The number of nitrogens with one attached hydrogen (secondary N) is 1. The van der Waals surface area contributed by atoms with E-state index in [1.807, 2.05) is 0 Å². The van der Waals surface area contributed by atoms with E-state index in [2.05, 4.69) is 11.1 Å². The third-order valence-corrected chi connectivity index (χ3v) is 1.41. The second-order valence-corrected chi connectivity index (χ2v) is 2.45. The molecule has 6 N–H and O–H groups in total. The maximum absolute atomic E-state index is 5.33. The highest BCUT2D eigenvalue weighted by molar-refractivity contribution is 4.47. The molecule has 0 amide bonds. The van der Waals surface area contributed by atoms with Crippen molar-refractivity contribution in [2.75, 3.05) is 26.2 Å². The van der Waals surface area contributed by atoms with Gasteiger partial charge in [-0.15, -0.1) is 0 Å². The average Bonchev–Trinajstić information content (AvgIpc) is 1.97. The van der Waals surface area contributed by atoms with Crippen LogP contribution in [0.1, 0.15) is 19.3 Å². The molecule has 0 unspecified atom stereocenters. The Kier molecular flexibility index (Phi) is 8.77. The number of rotatable bonds is 7. The molecular formula is C7H20N3+. The zero-order valence-electron chi connectivity index (χ0n) is 6.73. The zero-order valence-corrected chi connectivity index (χ0v) is 6.73. The lowest BCUT2D eigenvalue weighted by Crippen LogP contribution is -2.51. The van der Waals surface area contributed by atoms with Gasteiger partial charge in [0.2, 0.25) is 0 Å². The second kappa shape index (κ2) is 8.88. The standard InChI is InChI=1S/C7H19N3/c8-4-1-2-6-10-7-3-5-9/h10H,1-9H2/p+1. The molecule has 3 heteroatoms. The first kappa shape index (κ1) is 9.88. The van der Waals surface area contributed by atoms with Gasteiger partial charge in [0.1, 0.15) is 0 Å². The molecule has 3 nitrogen and oxygen atoms in total. The lowest BCUT2D eigenvalue weighted by Gasteiger charge is -2.00. The first-order valence-electron chi connectivity index (χ1n) is 4.12. The van der Waals surface area contributed by atoms with Crippen LogP contribution in [0.25, 0.3) is 0 Å². The van der Waals surface area contributed by atoms with Crippen LogP contribution in [0.5, 0.6) is 0 Å². The van der Waals surface area contributed by atoms with Crippen molar-refractivity contribution < 1.29 is 5.73 Å². The lowest BCUT2D eigenvalue weighted by atomic mass is 10.3. The van der Waals surface area contributed by atoms with E-state index in [0.717, 1.165) is 32.6 Å². The Labute approximate surface area is 63.2 Å². The van der Waals surface area contributed by atoms with Gasteiger partial charge in [0.25, 0.3) is 0 Å². The first-order valence-corrected chi connectivity index (χ1v) is 4.12. The molecule has 0 rings (SSSR count). The van der Waals surface area contributed by atoms with Crippen molar-refractivity contribution in [3.8, 4) is 0 Å². The molecule has 10 heavy (non-hydrogen) atoms. The van der Waals surface area contributed by atoms with Gasteiger partial charge in [-0.1, -0.05) is 0 Å². The summed E-state index contributed by atoms with van der Waals surface area (Å²) >= 11 is 0. The van der Waals surface area contributed by atoms with Crippen molar-refractivity contribution >= 4 is 0 Å². The second-order valence-electron chi connectivity index (χ2n) is 2.45. The molecule has 0 atom stereocenters. The molecule has 0 saturated carbocycles. The summed E-state index contributed by atoms with van der Waals surface area (Å²) < 4.78 is 0. The molecule has 0 radical (unpaired) electrons. The van der Waals surface area contributed by atoms with Gasteiger partial charge in [0.05, 0.1) is 6.54 Å². The van der Waals surface area contributed by atoms with E-state index >= 15 is 0 Å². The van der Waals surface area contributed by atoms with E-state index in [1.54, 1.807) is 0 Å². The molecule has 62 valence electrons. The van der Waals surface area contributed by atoms with E-state index < -0.39 is 0 Å². The molecule has 0 aliphatic heterocycles. The van der Waals surface area contributed by atoms with Gasteiger partial charge in [-0.05, 0) is 25.9 Å². The van der Waals surface area contributed by atoms with Crippen molar-refractivity contribution in [3.63, 3.8) is 0 Å². The maximum atomic E-state index is 5.33. The minimum atomic E-state index is 0.816.